The van der Waals surface area contributed by atoms with Gasteiger partial charge >= 0.3 is 0 Å². The maximum Gasteiger partial charge on any atom is 0.123 e. The number of rotatable bonds is 3. The largest absolute Gasteiger partial charge is 0.300 e. The summed E-state index contributed by atoms with van der Waals surface area (Å²) in [6.07, 6.45) is 8.45. The molecule has 1 aromatic heterocycles. The summed E-state index contributed by atoms with van der Waals surface area (Å²) >= 11 is 0. The van der Waals surface area contributed by atoms with Crippen LogP contribution in [0.2, 0.25) is 0 Å². The van der Waals surface area contributed by atoms with Gasteiger partial charge in [-0.25, -0.2) is 4.39 Å². The molecule has 4 heteroatoms. The summed E-state index contributed by atoms with van der Waals surface area (Å²) in [5.41, 5.74) is 3.39. The number of halogens is 1. The molecule has 3 nitrogen and oxygen atoms in total. The smallest absolute Gasteiger partial charge is 0.123 e. The Balaban J connectivity index is 1.57. The van der Waals surface area contributed by atoms with Crippen LogP contribution in [0.25, 0.3) is 11.1 Å². The van der Waals surface area contributed by atoms with Gasteiger partial charge in [0.1, 0.15) is 5.82 Å². The van der Waals surface area contributed by atoms with E-state index < -0.39 is 0 Å². The average molecular weight is 299 g/mol. The molecule has 1 saturated heterocycles. The fraction of sp³-hybridized carbons (Fsp3) is 0.500. The molecule has 0 spiro atoms. The second kappa shape index (κ2) is 5.84. The standard InChI is InChI=1S/C18H22FN3/c19-15-8-6-13(7-9-15)17-11-20-21-18(17)14-3-2-10-22(12-14)16-4-1-5-16/h6-9,11,14,16H,1-5,10,12H2,(H,20,21)/t14-/m0/s1. The Bertz CT molecular complexity index is 630. The number of likely N-dealkylation sites (tertiary alicyclic amines) is 1. The molecule has 1 atom stereocenters. The summed E-state index contributed by atoms with van der Waals surface area (Å²) in [4.78, 5) is 2.66. The van der Waals surface area contributed by atoms with E-state index in [1.54, 1.807) is 0 Å². The Hall–Kier alpha value is -1.68. The second-order valence-electron chi connectivity index (χ2n) is 6.62. The molecular weight excluding hydrogens is 277 g/mol. The van der Waals surface area contributed by atoms with Crippen LogP contribution >= 0.6 is 0 Å². The Morgan fingerprint density at radius 2 is 1.91 bits per heavy atom. The molecule has 2 fully saturated rings. The molecule has 1 aliphatic heterocycles. The summed E-state index contributed by atoms with van der Waals surface area (Å²) in [7, 11) is 0. The SMILES string of the molecule is Fc1ccc(-c2cn[nH]c2[C@H]2CCCN(C3CCC3)C2)cc1. The summed E-state index contributed by atoms with van der Waals surface area (Å²) in [6, 6.07) is 7.54. The van der Waals surface area contributed by atoms with E-state index in [2.05, 4.69) is 15.1 Å². The molecule has 4 rings (SSSR count). The lowest BCUT2D eigenvalue weighted by Gasteiger charge is -2.42. The fourth-order valence-corrected chi connectivity index (χ4v) is 3.79. The molecule has 1 N–H and O–H groups in total. The van der Waals surface area contributed by atoms with Crippen molar-refractivity contribution in [3.63, 3.8) is 0 Å². The summed E-state index contributed by atoms with van der Waals surface area (Å²) < 4.78 is 13.1. The first-order valence-electron chi connectivity index (χ1n) is 8.34. The van der Waals surface area contributed by atoms with Crippen LogP contribution in [-0.4, -0.2) is 34.2 Å². The Labute approximate surface area is 130 Å². The van der Waals surface area contributed by atoms with Crippen molar-refractivity contribution in [1.29, 1.82) is 0 Å². The van der Waals surface area contributed by atoms with Crippen LogP contribution in [0.4, 0.5) is 4.39 Å². The minimum Gasteiger partial charge on any atom is -0.300 e. The van der Waals surface area contributed by atoms with Crippen molar-refractivity contribution < 1.29 is 4.39 Å². The molecule has 1 aromatic carbocycles. The predicted molar refractivity (Wildman–Crippen MR) is 85.2 cm³/mol. The lowest BCUT2D eigenvalue weighted by molar-refractivity contribution is 0.0938. The first kappa shape index (κ1) is 13.9. The normalized spacial score (nSPS) is 23.4. The number of nitrogens with one attached hydrogen (secondary N) is 1. The van der Waals surface area contributed by atoms with Gasteiger partial charge in [-0.3, -0.25) is 10.00 Å². The van der Waals surface area contributed by atoms with Gasteiger partial charge in [0, 0.05) is 29.8 Å². The van der Waals surface area contributed by atoms with Crippen molar-refractivity contribution in [3.05, 3.63) is 42.0 Å². The van der Waals surface area contributed by atoms with E-state index in [9.17, 15) is 4.39 Å². The third-order valence-corrected chi connectivity index (χ3v) is 5.28. The lowest BCUT2D eigenvalue weighted by Crippen LogP contribution is -2.45. The minimum absolute atomic E-state index is 0.192. The average Bonchev–Trinajstić information content (AvgIpc) is 2.96. The molecule has 2 heterocycles. The molecular formula is C18H22FN3. The van der Waals surface area contributed by atoms with E-state index in [4.69, 9.17) is 0 Å². The topological polar surface area (TPSA) is 31.9 Å². The minimum atomic E-state index is -0.192. The summed E-state index contributed by atoms with van der Waals surface area (Å²) in [5.74, 6) is 0.319. The highest BCUT2D eigenvalue weighted by molar-refractivity contribution is 5.65. The zero-order chi connectivity index (χ0) is 14.9. The van der Waals surface area contributed by atoms with E-state index in [-0.39, 0.29) is 5.82 Å². The molecule has 0 radical (unpaired) electrons. The van der Waals surface area contributed by atoms with Crippen LogP contribution in [0.15, 0.2) is 30.5 Å². The van der Waals surface area contributed by atoms with Crippen LogP contribution in [0.5, 0.6) is 0 Å². The molecule has 0 bridgehead atoms. The van der Waals surface area contributed by atoms with Crippen molar-refractivity contribution in [2.45, 2.75) is 44.1 Å². The molecule has 1 aliphatic carbocycles. The molecule has 0 amide bonds. The van der Waals surface area contributed by atoms with Gasteiger partial charge in [0.15, 0.2) is 0 Å². The number of aromatic amines is 1. The number of piperidine rings is 1. The van der Waals surface area contributed by atoms with Crippen molar-refractivity contribution in [1.82, 2.24) is 15.1 Å². The Kier molecular flexibility index (Phi) is 3.70. The first-order chi connectivity index (χ1) is 10.8. The van der Waals surface area contributed by atoms with E-state index in [1.807, 2.05) is 18.3 Å². The van der Waals surface area contributed by atoms with Gasteiger partial charge in [-0.05, 0) is 49.9 Å². The molecule has 1 saturated carbocycles. The second-order valence-corrected chi connectivity index (χ2v) is 6.62. The van der Waals surface area contributed by atoms with E-state index >= 15 is 0 Å². The number of aromatic nitrogens is 2. The summed E-state index contributed by atoms with van der Waals surface area (Å²) in [5, 5.41) is 7.48. The molecule has 22 heavy (non-hydrogen) atoms. The van der Waals surface area contributed by atoms with Crippen LogP contribution < -0.4 is 0 Å². The van der Waals surface area contributed by atoms with Crippen molar-refractivity contribution in [2.75, 3.05) is 13.1 Å². The number of nitrogens with zero attached hydrogens (tertiary/aromatic N) is 2. The highest BCUT2D eigenvalue weighted by Crippen LogP contribution is 2.36. The predicted octanol–water partition coefficient (Wildman–Crippen LogP) is 3.95. The first-order valence-corrected chi connectivity index (χ1v) is 8.34. The van der Waals surface area contributed by atoms with Gasteiger partial charge in [-0.2, -0.15) is 5.10 Å². The maximum absolute atomic E-state index is 13.1. The lowest BCUT2D eigenvalue weighted by atomic mass is 9.85. The third kappa shape index (κ3) is 2.56. The highest BCUT2D eigenvalue weighted by Gasteiger charge is 2.31. The van der Waals surface area contributed by atoms with Crippen LogP contribution in [0, 0.1) is 5.82 Å². The van der Waals surface area contributed by atoms with Gasteiger partial charge in [0.2, 0.25) is 0 Å². The monoisotopic (exact) mass is 299 g/mol. The third-order valence-electron chi connectivity index (χ3n) is 5.28. The van der Waals surface area contributed by atoms with Gasteiger partial charge in [0.25, 0.3) is 0 Å². The van der Waals surface area contributed by atoms with Crippen LogP contribution in [0.1, 0.15) is 43.7 Å². The highest BCUT2D eigenvalue weighted by atomic mass is 19.1. The van der Waals surface area contributed by atoms with Gasteiger partial charge in [0.05, 0.1) is 6.20 Å². The summed E-state index contributed by atoms with van der Waals surface area (Å²) in [6.45, 7) is 2.36. The van der Waals surface area contributed by atoms with E-state index in [1.165, 1.54) is 56.5 Å². The number of hydrogen-bond acceptors (Lipinski definition) is 2. The molecule has 2 aliphatic rings. The molecule has 0 unspecified atom stereocenters. The van der Waals surface area contributed by atoms with E-state index in [0.29, 0.717) is 5.92 Å². The van der Waals surface area contributed by atoms with Gasteiger partial charge < -0.3 is 0 Å². The zero-order valence-corrected chi connectivity index (χ0v) is 12.8. The van der Waals surface area contributed by atoms with Gasteiger partial charge in [-0.1, -0.05) is 18.6 Å². The van der Waals surface area contributed by atoms with Crippen molar-refractivity contribution in [2.24, 2.45) is 0 Å². The fourth-order valence-electron chi connectivity index (χ4n) is 3.79. The number of benzene rings is 1. The number of hydrogen-bond donors (Lipinski definition) is 1. The Morgan fingerprint density at radius 3 is 2.64 bits per heavy atom. The number of H-pyrrole nitrogens is 1. The molecule has 116 valence electrons. The Morgan fingerprint density at radius 1 is 1.09 bits per heavy atom. The zero-order valence-electron chi connectivity index (χ0n) is 12.8. The van der Waals surface area contributed by atoms with Crippen LogP contribution in [0.3, 0.4) is 0 Å². The van der Waals surface area contributed by atoms with Gasteiger partial charge in [-0.15, -0.1) is 0 Å². The van der Waals surface area contributed by atoms with Crippen molar-refractivity contribution >= 4 is 0 Å². The molecule has 2 aromatic rings. The quantitative estimate of drug-likeness (QED) is 0.930. The van der Waals surface area contributed by atoms with E-state index in [0.717, 1.165) is 23.7 Å². The van der Waals surface area contributed by atoms with Crippen molar-refractivity contribution in [3.8, 4) is 11.1 Å². The maximum atomic E-state index is 13.1. The van der Waals surface area contributed by atoms with Crippen LogP contribution in [-0.2, 0) is 0 Å².